The third kappa shape index (κ3) is 2.71. The Morgan fingerprint density at radius 1 is 1.04 bits per heavy atom. The van der Waals surface area contributed by atoms with Crippen molar-refractivity contribution in [2.75, 3.05) is 5.32 Å². The van der Waals surface area contributed by atoms with Crippen molar-refractivity contribution in [2.45, 2.75) is 33.7 Å². The van der Waals surface area contributed by atoms with Gasteiger partial charge in [-0.25, -0.2) is 9.97 Å². The molecule has 7 heteroatoms. The molecule has 4 aromatic rings. The summed E-state index contributed by atoms with van der Waals surface area (Å²) in [6.07, 6.45) is 5.31. The van der Waals surface area contributed by atoms with Gasteiger partial charge in [-0.1, -0.05) is 12.1 Å². The molecule has 0 fully saturated rings. The molecular weight excluding hydrogens is 326 g/mol. The minimum absolute atomic E-state index is 0.112. The van der Waals surface area contributed by atoms with Crippen LogP contribution in [0.2, 0.25) is 0 Å². The van der Waals surface area contributed by atoms with Gasteiger partial charge in [0.05, 0.1) is 0 Å². The summed E-state index contributed by atoms with van der Waals surface area (Å²) in [6, 6.07) is 8.60. The van der Waals surface area contributed by atoms with Gasteiger partial charge in [-0.05, 0) is 45.4 Å². The first-order valence-corrected chi connectivity index (χ1v) is 8.58. The van der Waals surface area contributed by atoms with Gasteiger partial charge in [0.1, 0.15) is 18.0 Å². The van der Waals surface area contributed by atoms with Crippen LogP contribution in [0.25, 0.3) is 11.5 Å². The average molecular weight is 347 g/mol. The second-order valence-electron chi connectivity index (χ2n) is 6.44. The summed E-state index contributed by atoms with van der Waals surface area (Å²) in [5.74, 6) is 2.50. The second-order valence-corrected chi connectivity index (χ2v) is 6.44. The van der Waals surface area contributed by atoms with Crippen molar-refractivity contribution in [3.05, 3.63) is 65.6 Å². The summed E-state index contributed by atoms with van der Waals surface area (Å²) < 4.78 is 3.82. The molecule has 0 aliphatic carbocycles. The number of nitrogens with one attached hydrogen (secondary N) is 1. The number of hydrogen-bond acceptors (Lipinski definition) is 5. The summed E-state index contributed by atoms with van der Waals surface area (Å²) in [5.41, 5.74) is 4.31. The molecule has 0 aliphatic rings. The van der Waals surface area contributed by atoms with E-state index in [1.165, 1.54) is 11.9 Å². The quantitative estimate of drug-likeness (QED) is 0.612. The van der Waals surface area contributed by atoms with E-state index < -0.39 is 0 Å². The lowest BCUT2D eigenvalue weighted by molar-refractivity contribution is 0.829. The Morgan fingerprint density at radius 2 is 1.81 bits per heavy atom. The maximum absolute atomic E-state index is 4.46. The molecule has 1 atom stereocenters. The van der Waals surface area contributed by atoms with Crippen LogP contribution in [0.1, 0.15) is 35.6 Å². The largest absolute Gasteiger partial charge is 0.363 e. The fraction of sp³-hybridized carbons (Fsp3) is 0.263. The van der Waals surface area contributed by atoms with Gasteiger partial charge in [-0.15, -0.1) is 0 Å². The summed E-state index contributed by atoms with van der Waals surface area (Å²) in [5, 5.41) is 7.86. The SMILES string of the molecule is Cc1nc2ncnn2c(NC(C)c2ccc(-n3ccnc3C)cc2)c1C. The molecule has 0 bridgehead atoms. The van der Waals surface area contributed by atoms with Crippen LogP contribution in [0.5, 0.6) is 0 Å². The summed E-state index contributed by atoms with van der Waals surface area (Å²) in [6.45, 7) is 8.16. The molecule has 3 heterocycles. The third-order valence-corrected chi connectivity index (χ3v) is 4.76. The molecule has 0 saturated carbocycles. The Hall–Kier alpha value is -3.22. The number of fused-ring (bicyclic) bond motifs is 1. The lowest BCUT2D eigenvalue weighted by Gasteiger charge is -2.19. The highest BCUT2D eigenvalue weighted by Gasteiger charge is 2.14. The predicted molar refractivity (Wildman–Crippen MR) is 101 cm³/mol. The molecule has 0 aliphatic heterocycles. The van der Waals surface area contributed by atoms with Crippen LogP contribution in [0, 0.1) is 20.8 Å². The number of aromatic nitrogens is 6. The molecule has 1 unspecified atom stereocenters. The zero-order chi connectivity index (χ0) is 18.3. The number of rotatable bonds is 4. The predicted octanol–water partition coefficient (Wildman–Crippen LogP) is 3.41. The van der Waals surface area contributed by atoms with Crippen molar-refractivity contribution in [1.82, 2.24) is 29.1 Å². The van der Waals surface area contributed by atoms with Gasteiger partial charge in [0, 0.05) is 35.4 Å². The lowest BCUT2D eigenvalue weighted by Crippen LogP contribution is -2.13. The minimum atomic E-state index is 0.112. The number of anilines is 1. The van der Waals surface area contributed by atoms with E-state index in [0.29, 0.717) is 5.78 Å². The number of imidazole rings is 1. The Bertz CT molecular complexity index is 1060. The van der Waals surface area contributed by atoms with Gasteiger partial charge in [0.2, 0.25) is 0 Å². The standard InChI is InChI=1S/C19H21N7/c1-12-13(2)24-19-21-11-22-26(19)18(12)23-14(3)16-5-7-17(8-6-16)25-10-9-20-15(25)4/h5-11,14,23H,1-4H3. The minimum Gasteiger partial charge on any atom is -0.363 e. The Labute approximate surface area is 151 Å². The smallest absolute Gasteiger partial charge is 0.254 e. The maximum atomic E-state index is 4.46. The molecule has 0 spiro atoms. The van der Waals surface area contributed by atoms with Crippen molar-refractivity contribution in [2.24, 2.45) is 0 Å². The van der Waals surface area contributed by atoms with Gasteiger partial charge in [0.15, 0.2) is 0 Å². The van der Waals surface area contributed by atoms with Crippen molar-refractivity contribution in [3.8, 4) is 5.69 Å². The van der Waals surface area contributed by atoms with E-state index >= 15 is 0 Å². The number of aryl methyl sites for hydroxylation is 2. The molecule has 0 saturated heterocycles. The van der Waals surface area contributed by atoms with Crippen LogP contribution in [0.15, 0.2) is 43.0 Å². The fourth-order valence-electron chi connectivity index (χ4n) is 3.07. The van der Waals surface area contributed by atoms with Gasteiger partial charge in [-0.2, -0.15) is 14.6 Å². The molecule has 7 nitrogen and oxygen atoms in total. The molecule has 1 N–H and O–H groups in total. The van der Waals surface area contributed by atoms with Gasteiger partial charge in [0.25, 0.3) is 5.78 Å². The highest BCUT2D eigenvalue weighted by atomic mass is 15.4. The maximum Gasteiger partial charge on any atom is 0.254 e. The molecule has 132 valence electrons. The normalized spacial score (nSPS) is 12.5. The molecule has 0 amide bonds. The van der Waals surface area contributed by atoms with Crippen molar-refractivity contribution >= 4 is 11.6 Å². The third-order valence-electron chi connectivity index (χ3n) is 4.76. The molecule has 4 rings (SSSR count). The first-order chi connectivity index (χ1) is 12.5. The first-order valence-electron chi connectivity index (χ1n) is 8.58. The number of nitrogens with zero attached hydrogens (tertiary/aromatic N) is 6. The van der Waals surface area contributed by atoms with Crippen molar-refractivity contribution in [1.29, 1.82) is 0 Å². The van der Waals surface area contributed by atoms with E-state index in [1.54, 1.807) is 4.52 Å². The zero-order valence-corrected chi connectivity index (χ0v) is 15.3. The Balaban J connectivity index is 1.63. The molecular formula is C19H21N7. The van der Waals surface area contributed by atoms with E-state index in [4.69, 9.17) is 0 Å². The number of benzene rings is 1. The van der Waals surface area contributed by atoms with Crippen LogP contribution < -0.4 is 5.32 Å². The van der Waals surface area contributed by atoms with Crippen LogP contribution in [0.4, 0.5) is 5.82 Å². The van der Waals surface area contributed by atoms with Crippen LogP contribution in [-0.4, -0.2) is 29.1 Å². The molecule has 26 heavy (non-hydrogen) atoms. The lowest BCUT2D eigenvalue weighted by atomic mass is 10.1. The van der Waals surface area contributed by atoms with Crippen LogP contribution in [-0.2, 0) is 0 Å². The topological polar surface area (TPSA) is 72.9 Å². The van der Waals surface area contributed by atoms with E-state index in [0.717, 1.165) is 28.6 Å². The van der Waals surface area contributed by atoms with E-state index in [-0.39, 0.29) is 6.04 Å². The van der Waals surface area contributed by atoms with Crippen LogP contribution >= 0.6 is 0 Å². The second kappa shape index (κ2) is 6.25. The molecule has 3 aromatic heterocycles. The average Bonchev–Trinajstić information content (AvgIpc) is 3.27. The summed E-state index contributed by atoms with van der Waals surface area (Å²) in [4.78, 5) is 12.9. The van der Waals surface area contributed by atoms with Gasteiger partial charge in [-0.3, -0.25) is 0 Å². The van der Waals surface area contributed by atoms with Crippen LogP contribution in [0.3, 0.4) is 0 Å². The van der Waals surface area contributed by atoms with Gasteiger partial charge < -0.3 is 9.88 Å². The van der Waals surface area contributed by atoms with E-state index in [1.807, 2.05) is 33.2 Å². The fourth-order valence-corrected chi connectivity index (χ4v) is 3.07. The van der Waals surface area contributed by atoms with Crippen molar-refractivity contribution in [3.63, 3.8) is 0 Å². The highest BCUT2D eigenvalue weighted by Crippen LogP contribution is 2.24. The Morgan fingerprint density at radius 3 is 2.50 bits per heavy atom. The molecule has 1 aromatic carbocycles. The highest BCUT2D eigenvalue weighted by molar-refractivity contribution is 5.53. The Kier molecular flexibility index (Phi) is 3.91. The summed E-state index contributed by atoms with van der Waals surface area (Å²) in [7, 11) is 0. The zero-order valence-electron chi connectivity index (χ0n) is 15.3. The summed E-state index contributed by atoms with van der Waals surface area (Å²) >= 11 is 0. The van der Waals surface area contributed by atoms with Gasteiger partial charge >= 0.3 is 0 Å². The monoisotopic (exact) mass is 347 g/mol. The molecule has 0 radical (unpaired) electrons. The number of hydrogen-bond donors (Lipinski definition) is 1. The van der Waals surface area contributed by atoms with E-state index in [9.17, 15) is 0 Å². The first kappa shape index (κ1) is 16.3. The van der Waals surface area contributed by atoms with Crippen molar-refractivity contribution < 1.29 is 0 Å². The van der Waals surface area contributed by atoms with E-state index in [2.05, 4.69) is 61.1 Å².